The van der Waals surface area contributed by atoms with Gasteiger partial charge in [-0.05, 0) is 37.2 Å². The molecule has 2 atom stereocenters. The second-order valence-corrected chi connectivity index (χ2v) is 5.38. The normalized spacial score (nSPS) is 21.7. The van der Waals surface area contributed by atoms with E-state index < -0.39 is 6.10 Å². The third-order valence-corrected chi connectivity index (χ3v) is 3.91. The van der Waals surface area contributed by atoms with Gasteiger partial charge in [-0.25, -0.2) is 4.98 Å². The van der Waals surface area contributed by atoms with Gasteiger partial charge < -0.3 is 24.8 Å². The third kappa shape index (κ3) is 3.14. The Hall–Kier alpha value is -1.89. The summed E-state index contributed by atoms with van der Waals surface area (Å²) in [5.41, 5.74) is 0.979. The van der Waals surface area contributed by atoms with Crippen LogP contribution in [0.4, 0.5) is 0 Å². The Morgan fingerprint density at radius 1 is 1.32 bits per heavy atom. The fourth-order valence-corrected chi connectivity index (χ4v) is 2.82. The highest BCUT2D eigenvalue weighted by molar-refractivity contribution is 5.57. The Kier molecular flexibility index (Phi) is 4.72. The maximum atomic E-state index is 10.2. The van der Waals surface area contributed by atoms with Crippen molar-refractivity contribution >= 4 is 0 Å². The van der Waals surface area contributed by atoms with Crippen molar-refractivity contribution in [1.82, 2.24) is 14.9 Å². The molecule has 0 unspecified atom stereocenters. The van der Waals surface area contributed by atoms with E-state index in [1.807, 2.05) is 30.5 Å². The predicted octanol–water partition coefficient (Wildman–Crippen LogP) is 0.816. The molecule has 1 aliphatic heterocycles. The summed E-state index contributed by atoms with van der Waals surface area (Å²) in [5.74, 6) is 1.57. The lowest BCUT2D eigenvalue weighted by atomic mass is 10.0. The minimum atomic E-state index is -0.408. The highest BCUT2D eigenvalue weighted by Gasteiger charge is 2.26. The summed E-state index contributed by atoms with van der Waals surface area (Å²) in [6.07, 6.45) is 4.15. The van der Waals surface area contributed by atoms with E-state index in [0.717, 1.165) is 30.1 Å². The number of hydrogen-bond donors (Lipinski definition) is 3. The van der Waals surface area contributed by atoms with E-state index in [4.69, 9.17) is 9.84 Å². The molecule has 1 fully saturated rings. The summed E-state index contributed by atoms with van der Waals surface area (Å²) in [7, 11) is 0. The monoisotopic (exact) mass is 303 g/mol. The number of ether oxygens (including phenoxy) is 1. The molecule has 2 aromatic rings. The SMILES string of the molecule is OCCOc1ccc(-c2nccn2[C@H]2CCNC[C@@H]2O)cc1. The zero-order chi connectivity index (χ0) is 15.4. The van der Waals surface area contributed by atoms with Gasteiger partial charge >= 0.3 is 0 Å². The topological polar surface area (TPSA) is 79.5 Å². The second kappa shape index (κ2) is 6.91. The number of imidazole rings is 1. The molecule has 1 aliphatic rings. The number of nitrogens with zero attached hydrogens (tertiary/aromatic N) is 2. The van der Waals surface area contributed by atoms with Crippen molar-refractivity contribution in [3.8, 4) is 17.1 Å². The van der Waals surface area contributed by atoms with Crippen LogP contribution in [0, 0.1) is 0 Å². The van der Waals surface area contributed by atoms with Crippen LogP contribution in [-0.2, 0) is 0 Å². The summed E-state index contributed by atoms with van der Waals surface area (Å²) in [6.45, 7) is 1.79. The fourth-order valence-electron chi connectivity index (χ4n) is 2.82. The molecular weight excluding hydrogens is 282 g/mol. The molecule has 1 aromatic heterocycles. The van der Waals surface area contributed by atoms with E-state index >= 15 is 0 Å². The Bertz CT molecular complexity index is 597. The van der Waals surface area contributed by atoms with Crippen LogP contribution in [-0.4, -0.2) is 52.2 Å². The highest BCUT2D eigenvalue weighted by Crippen LogP contribution is 2.27. The number of hydrogen-bond acceptors (Lipinski definition) is 5. The van der Waals surface area contributed by atoms with Crippen molar-refractivity contribution in [2.45, 2.75) is 18.6 Å². The molecule has 0 amide bonds. The standard InChI is InChI=1S/C16H21N3O3/c20-9-10-22-13-3-1-12(2-4-13)16-18-7-8-19(16)14-5-6-17-11-15(14)21/h1-4,7-8,14-15,17,20-21H,5-6,9-11H2/t14-,15-/m0/s1. The zero-order valence-corrected chi connectivity index (χ0v) is 12.4. The third-order valence-electron chi connectivity index (χ3n) is 3.91. The van der Waals surface area contributed by atoms with Gasteiger partial charge in [0.25, 0.3) is 0 Å². The van der Waals surface area contributed by atoms with Crippen LogP contribution in [0.15, 0.2) is 36.7 Å². The van der Waals surface area contributed by atoms with E-state index in [1.54, 1.807) is 6.20 Å². The van der Waals surface area contributed by atoms with Crippen LogP contribution in [0.5, 0.6) is 5.75 Å². The lowest BCUT2D eigenvalue weighted by Crippen LogP contribution is -2.41. The Balaban J connectivity index is 1.82. The molecule has 6 heteroatoms. The van der Waals surface area contributed by atoms with E-state index in [-0.39, 0.29) is 19.3 Å². The quantitative estimate of drug-likeness (QED) is 0.762. The van der Waals surface area contributed by atoms with E-state index in [0.29, 0.717) is 6.54 Å². The average molecular weight is 303 g/mol. The van der Waals surface area contributed by atoms with Gasteiger partial charge in [0.2, 0.25) is 0 Å². The lowest BCUT2D eigenvalue weighted by Gasteiger charge is -2.30. The first-order valence-electron chi connectivity index (χ1n) is 7.55. The summed E-state index contributed by atoms with van der Waals surface area (Å²) >= 11 is 0. The largest absolute Gasteiger partial charge is 0.491 e. The van der Waals surface area contributed by atoms with Crippen molar-refractivity contribution < 1.29 is 14.9 Å². The Labute approximate surface area is 129 Å². The molecule has 118 valence electrons. The molecule has 6 nitrogen and oxygen atoms in total. The van der Waals surface area contributed by atoms with Gasteiger partial charge in [-0.1, -0.05) is 0 Å². The van der Waals surface area contributed by atoms with Crippen LogP contribution >= 0.6 is 0 Å². The first-order valence-corrected chi connectivity index (χ1v) is 7.55. The zero-order valence-electron chi connectivity index (χ0n) is 12.4. The van der Waals surface area contributed by atoms with Crippen LogP contribution < -0.4 is 10.1 Å². The average Bonchev–Trinajstić information content (AvgIpc) is 3.03. The number of benzene rings is 1. The lowest BCUT2D eigenvalue weighted by molar-refractivity contribution is 0.0880. The van der Waals surface area contributed by atoms with Gasteiger partial charge in [-0.2, -0.15) is 0 Å². The van der Waals surface area contributed by atoms with Gasteiger partial charge in [-0.15, -0.1) is 0 Å². The molecule has 3 rings (SSSR count). The minimum absolute atomic E-state index is 0.000237. The highest BCUT2D eigenvalue weighted by atomic mass is 16.5. The fraction of sp³-hybridized carbons (Fsp3) is 0.438. The van der Waals surface area contributed by atoms with Crippen molar-refractivity contribution in [3.63, 3.8) is 0 Å². The predicted molar refractivity (Wildman–Crippen MR) is 82.8 cm³/mol. The number of nitrogens with one attached hydrogen (secondary N) is 1. The summed E-state index contributed by atoms with van der Waals surface area (Å²) in [6, 6.07) is 7.66. The number of β-amino-alcohol motifs (C(OH)–C–C–N with tert-alkyl or cyclic N) is 1. The molecule has 1 saturated heterocycles. The van der Waals surface area contributed by atoms with Crippen molar-refractivity contribution in [2.75, 3.05) is 26.3 Å². The van der Waals surface area contributed by atoms with Gasteiger partial charge in [0.05, 0.1) is 18.8 Å². The molecule has 0 saturated carbocycles. The van der Waals surface area contributed by atoms with Gasteiger partial charge in [0, 0.05) is 24.5 Å². The molecule has 0 spiro atoms. The van der Waals surface area contributed by atoms with E-state index in [9.17, 15) is 5.11 Å². The smallest absolute Gasteiger partial charge is 0.140 e. The summed E-state index contributed by atoms with van der Waals surface area (Å²) < 4.78 is 7.42. The molecule has 0 radical (unpaired) electrons. The minimum Gasteiger partial charge on any atom is -0.491 e. The number of rotatable bonds is 5. The van der Waals surface area contributed by atoms with Crippen molar-refractivity contribution in [2.24, 2.45) is 0 Å². The first kappa shape index (κ1) is 15.0. The molecule has 22 heavy (non-hydrogen) atoms. The maximum Gasteiger partial charge on any atom is 0.140 e. The number of piperidine rings is 1. The number of aromatic nitrogens is 2. The summed E-state index contributed by atoms with van der Waals surface area (Å²) in [4.78, 5) is 4.44. The Morgan fingerprint density at radius 3 is 2.86 bits per heavy atom. The maximum absolute atomic E-state index is 10.2. The Morgan fingerprint density at radius 2 is 2.14 bits per heavy atom. The summed E-state index contributed by atoms with van der Waals surface area (Å²) in [5, 5.41) is 22.2. The van der Waals surface area contributed by atoms with Crippen molar-refractivity contribution in [1.29, 1.82) is 0 Å². The molecule has 2 heterocycles. The van der Waals surface area contributed by atoms with Crippen LogP contribution in [0.2, 0.25) is 0 Å². The molecule has 0 bridgehead atoms. The first-order chi connectivity index (χ1) is 10.8. The number of aliphatic hydroxyl groups excluding tert-OH is 2. The number of aliphatic hydroxyl groups is 2. The van der Waals surface area contributed by atoms with Crippen LogP contribution in [0.1, 0.15) is 12.5 Å². The molecular formula is C16H21N3O3. The molecule has 3 N–H and O–H groups in total. The van der Waals surface area contributed by atoms with E-state index in [1.165, 1.54) is 0 Å². The van der Waals surface area contributed by atoms with Crippen molar-refractivity contribution in [3.05, 3.63) is 36.7 Å². The van der Waals surface area contributed by atoms with Crippen LogP contribution in [0.3, 0.4) is 0 Å². The van der Waals surface area contributed by atoms with Crippen LogP contribution in [0.25, 0.3) is 11.4 Å². The van der Waals surface area contributed by atoms with Gasteiger partial charge in [-0.3, -0.25) is 0 Å². The van der Waals surface area contributed by atoms with E-state index in [2.05, 4.69) is 14.9 Å². The van der Waals surface area contributed by atoms with Gasteiger partial charge in [0.1, 0.15) is 18.2 Å². The van der Waals surface area contributed by atoms with Gasteiger partial charge in [0.15, 0.2) is 0 Å². The molecule has 0 aliphatic carbocycles. The second-order valence-electron chi connectivity index (χ2n) is 5.38. The molecule has 1 aromatic carbocycles.